The molecular weight excluding hydrogens is 320 g/mol. The molecule has 0 saturated heterocycles. The van der Waals surface area contributed by atoms with Gasteiger partial charge in [-0.2, -0.15) is 0 Å². The molecule has 1 atom stereocenters. The molecule has 25 heavy (non-hydrogen) atoms. The van der Waals surface area contributed by atoms with Gasteiger partial charge in [-0.05, 0) is 30.7 Å². The molecule has 2 aromatic heterocycles. The first-order valence-corrected chi connectivity index (χ1v) is 8.38. The minimum atomic E-state index is -0.282. The quantitative estimate of drug-likeness (QED) is 0.790. The van der Waals surface area contributed by atoms with Crippen LogP contribution in [0.1, 0.15) is 36.6 Å². The molecule has 0 unspecified atom stereocenters. The molecule has 0 aliphatic heterocycles. The first-order valence-electron chi connectivity index (χ1n) is 8.38. The van der Waals surface area contributed by atoms with Gasteiger partial charge in [0.05, 0.1) is 24.9 Å². The average Bonchev–Trinajstić information content (AvgIpc) is 2.63. The standard InChI is InChI=1S/C18H22N4O3/c1-25-17-5-2-12(10-21-17)18(13-8-15(23)9-13)22-16(24)4-3-14-11-19-6-7-20-14/h2,5-7,10-11,13,15,18,23H,3-4,8-9H2,1H3,(H,22,24)/t13?,15?,18-/m1/s1. The van der Waals surface area contributed by atoms with Crippen LogP contribution >= 0.6 is 0 Å². The van der Waals surface area contributed by atoms with Crippen LogP contribution in [0.2, 0.25) is 0 Å². The number of pyridine rings is 1. The van der Waals surface area contributed by atoms with Gasteiger partial charge < -0.3 is 15.2 Å². The van der Waals surface area contributed by atoms with Gasteiger partial charge in [-0.1, -0.05) is 6.07 Å². The number of aliphatic hydroxyl groups is 1. The van der Waals surface area contributed by atoms with E-state index in [9.17, 15) is 9.90 Å². The van der Waals surface area contributed by atoms with Gasteiger partial charge in [-0.3, -0.25) is 14.8 Å². The van der Waals surface area contributed by atoms with E-state index in [1.54, 1.807) is 38.0 Å². The van der Waals surface area contributed by atoms with Crippen molar-refractivity contribution in [3.63, 3.8) is 0 Å². The summed E-state index contributed by atoms with van der Waals surface area (Å²) in [5.74, 6) is 0.698. The van der Waals surface area contributed by atoms with Gasteiger partial charge in [0.1, 0.15) is 0 Å². The van der Waals surface area contributed by atoms with Crippen molar-refractivity contribution >= 4 is 5.91 Å². The van der Waals surface area contributed by atoms with Crippen LogP contribution in [0.25, 0.3) is 0 Å². The third-order valence-electron chi connectivity index (χ3n) is 4.49. The Morgan fingerprint density at radius 1 is 1.32 bits per heavy atom. The Morgan fingerprint density at radius 3 is 2.76 bits per heavy atom. The zero-order chi connectivity index (χ0) is 17.6. The highest BCUT2D eigenvalue weighted by Gasteiger charge is 2.35. The number of nitrogens with zero attached hydrogens (tertiary/aromatic N) is 3. The molecule has 1 fully saturated rings. The lowest BCUT2D eigenvalue weighted by atomic mass is 9.75. The summed E-state index contributed by atoms with van der Waals surface area (Å²) in [5, 5.41) is 12.7. The Kier molecular flexibility index (Phi) is 5.55. The molecule has 132 valence electrons. The third-order valence-corrected chi connectivity index (χ3v) is 4.49. The van der Waals surface area contributed by atoms with E-state index < -0.39 is 0 Å². The molecular formula is C18H22N4O3. The van der Waals surface area contributed by atoms with Crippen molar-refractivity contribution in [2.75, 3.05) is 7.11 Å². The van der Waals surface area contributed by atoms with Crippen molar-refractivity contribution in [2.45, 2.75) is 37.8 Å². The normalized spacial score (nSPS) is 20.4. The summed E-state index contributed by atoms with van der Waals surface area (Å²) < 4.78 is 5.08. The lowest BCUT2D eigenvalue weighted by Crippen LogP contribution is -2.41. The minimum Gasteiger partial charge on any atom is -0.481 e. The van der Waals surface area contributed by atoms with Gasteiger partial charge in [0.2, 0.25) is 11.8 Å². The number of carbonyl (C=O) groups is 1. The minimum absolute atomic E-state index is 0.0483. The number of nitrogens with one attached hydrogen (secondary N) is 1. The van der Waals surface area contributed by atoms with Gasteiger partial charge in [0.15, 0.2) is 0 Å². The first-order chi connectivity index (χ1) is 12.2. The van der Waals surface area contributed by atoms with Crippen molar-refractivity contribution in [2.24, 2.45) is 5.92 Å². The predicted molar refractivity (Wildman–Crippen MR) is 90.8 cm³/mol. The van der Waals surface area contributed by atoms with E-state index in [4.69, 9.17) is 4.74 Å². The zero-order valence-corrected chi connectivity index (χ0v) is 14.1. The lowest BCUT2D eigenvalue weighted by Gasteiger charge is -2.38. The Morgan fingerprint density at radius 2 is 2.16 bits per heavy atom. The summed E-state index contributed by atoms with van der Waals surface area (Å²) in [7, 11) is 1.57. The topological polar surface area (TPSA) is 97.2 Å². The number of hydrogen-bond donors (Lipinski definition) is 2. The van der Waals surface area contributed by atoms with Gasteiger partial charge >= 0.3 is 0 Å². The maximum atomic E-state index is 12.4. The number of methoxy groups -OCH3 is 1. The molecule has 0 spiro atoms. The second-order valence-corrected chi connectivity index (χ2v) is 6.26. The van der Waals surface area contributed by atoms with Crippen LogP contribution in [0.5, 0.6) is 5.88 Å². The van der Waals surface area contributed by atoms with Crippen molar-refractivity contribution < 1.29 is 14.6 Å². The first kappa shape index (κ1) is 17.3. The number of rotatable bonds is 7. The van der Waals surface area contributed by atoms with E-state index >= 15 is 0 Å². The van der Waals surface area contributed by atoms with Crippen LogP contribution in [-0.4, -0.2) is 39.2 Å². The van der Waals surface area contributed by atoms with Crippen LogP contribution in [0.15, 0.2) is 36.9 Å². The molecule has 0 aromatic carbocycles. The molecule has 0 bridgehead atoms. The number of aliphatic hydroxyl groups excluding tert-OH is 1. The highest BCUT2D eigenvalue weighted by molar-refractivity contribution is 5.76. The van der Waals surface area contributed by atoms with Gasteiger partial charge in [-0.25, -0.2) is 4.98 Å². The highest BCUT2D eigenvalue weighted by Crippen LogP contribution is 2.38. The molecule has 7 nitrogen and oxygen atoms in total. The molecule has 2 aromatic rings. The Bertz CT molecular complexity index is 687. The Labute approximate surface area is 146 Å². The summed E-state index contributed by atoms with van der Waals surface area (Å²) in [6.45, 7) is 0. The maximum absolute atomic E-state index is 12.4. The Balaban J connectivity index is 1.63. The summed E-state index contributed by atoms with van der Waals surface area (Å²) >= 11 is 0. The largest absolute Gasteiger partial charge is 0.481 e. The summed E-state index contributed by atoms with van der Waals surface area (Å²) in [5.41, 5.74) is 1.71. The molecule has 2 N–H and O–H groups in total. The maximum Gasteiger partial charge on any atom is 0.220 e. The zero-order valence-electron chi connectivity index (χ0n) is 14.1. The molecule has 7 heteroatoms. The number of ether oxygens (including phenoxy) is 1. The van der Waals surface area contributed by atoms with E-state index in [0.717, 1.165) is 11.3 Å². The molecule has 1 aliphatic rings. The summed E-state index contributed by atoms with van der Waals surface area (Å²) in [4.78, 5) is 24.8. The number of amides is 1. The second-order valence-electron chi connectivity index (χ2n) is 6.26. The fraction of sp³-hybridized carbons (Fsp3) is 0.444. The number of hydrogen-bond acceptors (Lipinski definition) is 6. The van der Waals surface area contributed by atoms with E-state index in [0.29, 0.717) is 31.6 Å². The SMILES string of the molecule is COc1ccc([C@@H](NC(=O)CCc2cnccn2)C2CC(O)C2)cn1. The molecule has 1 aliphatic carbocycles. The summed E-state index contributed by atoms with van der Waals surface area (Å²) in [6.07, 6.45) is 8.58. The van der Waals surface area contributed by atoms with Crippen molar-refractivity contribution in [3.8, 4) is 5.88 Å². The van der Waals surface area contributed by atoms with Crippen molar-refractivity contribution in [3.05, 3.63) is 48.2 Å². The monoisotopic (exact) mass is 342 g/mol. The average molecular weight is 342 g/mol. The molecule has 1 amide bonds. The van der Waals surface area contributed by atoms with Crippen LogP contribution in [0.4, 0.5) is 0 Å². The van der Waals surface area contributed by atoms with Crippen LogP contribution in [0, 0.1) is 5.92 Å². The van der Waals surface area contributed by atoms with Gasteiger partial charge in [-0.15, -0.1) is 0 Å². The van der Waals surface area contributed by atoms with Gasteiger partial charge in [0, 0.05) is 37.3 Å². The molecule has 3 rings (SSSR count). The van der Waals surface area contributed by atoms with Crippen molar-refractivity contribution in [1.82, 2.24) is 20.3 Å². The van der Waals surface area contributed by atoms with Crippen molar-refractivity contribution in [1.29, 1.82) is 0 Å². The lowest BCUT2D eigenvalue weighted by molar-refractivity contribution is -0.123. The van der Waals surface area contributed by atoms with E-state index in [-0.39, 0.29) is 24.0 Å². The molecule has 2 heterocycles. The van der Waals surface area contributed by atoms with Crippen LogP contribution in [-0.2, 0) is 11.2 Å². The van der Waals surface area contributed by atoms with E-state index in [1.807, 2.05) is 6.07 Å². The fourth-order valence-electron chi connectivity index (χ4n) is 3.02. The fourth-order valence-corrected chi connectivity index (χ4v) is 3.02. The van der Waals surface area contributed by atoms with E-state index in [1.165, 1.54) is 0 Å². The second kappa shape index (κ2) is 8.02. The third kappa shape index (κ3) is 4.51. The number of carbonyl (C=O) groups excluding carboxylic acids is 1. The van der Waals surface area contributed by atoms with Crippen LogP contribution in [0.3, 0.4) is 0 Å². The van der Waals surface area contributed by atoms with Crippen LogP contribution < -0.4 is 10.1 Å². The van der Waals surface area contributed by atoms with Gasteiger partial charge in [0.25, 0.3) is 0 Å². The molecule has 0 radical (unpaired) electrons. The van der Waals surface area contributed by atoms with E-state index in [2.05, 4.69) is 20.3 Å². The predicted octanol–water partition coefficient (Wildman–Crippen LogP) is 1.44. The Hall–Kier alpha value is -2.54. The number of aromatic nitrogens is 3. The number of aryl methyl sites for hydroxylation is 1. The smallest absolute Gasteiger partial charge is 0.220 e. The summed E-state index contributed by atoms with van der Waals surface area (Å²) in [6, 6.07) is 3.53. The molecule has 1 saturated carbocycles. The highest BCUT2D eigenvalue weighted by atomic mass is 16.5.